The van der Waals surface area contributed by atoms with Crippen LogP contribution in [-0.2, 0) is 17.0 Å². The highest BCUT2D eigenvalue weighted by molar-refractivity contribution is 7.98. The van der Waals surface area contributed by atoms with Gasteiger partial charge in [-0.15, -0.1) is 0 Å². The first-order valence-electron chi connectivity index (χ1n) is 11.6. The first-order chi connectivity index (χ1) is 17.9. The van der Waals surface area contributed by atoms with Gasteiger partial charge in [-0.2, -0.15) is 0 Å². The molecule has 2 aromatic carbocycles. The monoisotopic (exact) mass is 521 g/mol. The van der Waals surface area contributed by atoms with Gasteiger partial charge in [-0.05, 0) is 55.5 Å². The summed E-state index contributed by atoms with van der Waals surface area (Å²) in [6, 6.07) is 13.6. The van der Waals surface area contributed by atoms with Crippen molar-refractivity contribution in [2.75, 3.05) is 27.4 Å². The number of hydrogen-bond acceptors (Lipinski definition) is 8. The molecular formula is C27H27N3O6S. The second-order valence-corrected chi connectivity index (χ2v) is 9.16. The molecule has 0 aliphatic rings. The summed E-state index contributed by atoms with van der Waals surface area (Å²) in [5.74, 6) is 1.31. The number of thioether (sulfide) groups is 1. The quantitative estimate of drug-likeness (QED) is 0.137. The number of amides is 1. The molecule has 0 unspecified atom stereocenters. The number of benzene rings is 2. The lowest BCUT2D eigenvalue weighted by atomic mass is 10.1. The second-order valence-electron chi connectivity index (χ2n) is 8.22. The number of aromatic nitrogens is 2. The molecule has 1 N–H and O–H groups in total. The van der Waals surface area contributed by atoms with E-state index in [1.54, 1.807) is 73.6 Å². The van der Waals surface area contributed by atoms with Gasteiger partial charge in [-0.25, -0.2) is 4.98 Å². The Bertz CT molecular complexity index is 1480. The Morgan fingerprint density at radius 2 is 1.92 bits per heavy atom. The standard InChI is InChI=1S/C27H27N3O6S/c1-17(31)18-7-9-24(35-3)20(13-18)16-37-27-29-23-14-19(25(32)28-10-12-34-2)6-8-22(23)26(33)30(27)15-21-5-4-11-36-21/h4-9,11,13-14H,10,12,15-16H2,1-3H3,(H,28,32). The number of hydrogen-bond donors (Lipinski definition) is 1. The number of ketones is 1. The van der Waals surface area contributed by atoms with E-state index in [0.717, 1.165) is 5.56 Å². The fourth-order valence-electron chi connectivity index (χ4n) is 3.77. The van der Waals surface area contributed by atoms with Gasteiger partial charge in [-0.3, -0.25) is 19.0 Å². The number of furan rings is 1. The van der Waals surface area contributed by atoms with E-state index in [4.69, 9.17) is 18.9 Å². The summed E-state index contributed by atoms with van der Waals surface area (Å²) in [6.45, 7) is 2.46. The minimum atomic E-state index is -0.277. The first kappa shape index (κ1) is 26.2. The Kier molecular flexibility index (Phi) is 8.42. The number of rotatable bonds is 11. The predicted molar refractivity (Wildman–Crippen MR) is 141 cm³/mol. The maximum absolute atomic E-state index is 13.5. The minimum Gasteiger partial charge on any atom is -0.496 e. The summed E-state index contributed by atoms with van der Waals surface area (Å²) < 4.78 is 17.5. The topological polar surface area (TPSA) is 113 Å². The van der Waals surface area contributed by atoms with Crippen molar-refractivity contribution in [2.45, 2.75) is 24.4 Å². The molecule has 0 aliphatic heterocycles. The van der Waals surface area contributed by atoms with Crippen molar-refractivity contribution in [3.63, 3.8) is 0 Å². The first-order valence-corrected chi connectivity index (χ1v) is 12.5. The number of ether oxygens (including phenoxy) is 2. The highest BCUT2D eigenvalue weighted by Gasteiger charge is 2.17. The van der Waals surface area contributed by atoms with Crippen LogP contribution in [0.25, 0.3) is 10.9 Å². The largest absolute Gasteiger partial charge is 0.496 e. The van der Waals surface area contributed by atoms with Gasteiger partial charge in [0.2, 0.25) is 0 Å². The fraction of sp³-hybridized carbons (Fsp3) is 0.259. The SMILES string of the molecule is COCCNC(=O)c1ccc2c(=O)n(Cc3ccco3)c(SCc3cc(C(C)=O)ccc3OC)nc2c1. The molecule has 4 aromatic rings. The molecule has 2 aromatic heterocycles. The average molecular weight is 522 g/mol. The van der Waals surface area contributed by atoms with Crippen LogP contribution in [0.2, 0.25) is 0 Å². The van der Waals surface area contributed by atoms with E-state index >= 15 is 0 Å². The van der Waals surface area contributed by atoms with Gasteiger partial charge in [0, 0.05) is 36.1 Å². The van der Waals surface area contributed by atoms with Crippen LogP contribution in [0, 0.1) is 0 Å². The highest BCUT2D eigenvalue weighted by atomic mass is 32.2. The van der Waals surface area contributed by atoms with Crippen LogP contribution in [0.5, 0.6) is 5.75 Å². The number of nitrogens with one attached hydrogen (secondary N) is 1. The summed E-state index contributed by atoms with van der Waals surface area (Å²) >= 11 is 1.33. The molecule has 0 bridgehead atoms. The van der Waals surface area contributed by atoms with Crippen LogP contribution in [0.15, 0.2) is 69.2 Å². The van der Waals surface area contributed by atoms with Crippen LogP contribution < -0.4 is 15.6 Å². The highest BCUT2D eigenvalue weighted by Crippen LogP contribution is 2.29. The van der Waals surface area contributed by atoms with Crippen molar-refractivity contribution in [1.82, 2.24) is 14.9 Å². The van der Waals surface area contributed by atoms with Gasteiger partial charge in [-0.1, -0.05) is 11.8 Å². The van der Waals surface area contributed by atoms with Crippen molar-refractivity contribution in [3.8, 4) is 5.75 Å². The molecule has 192 valence electrons. The Hall–Kier alpha value is -3.89. The van der Waals surface area contributed by atoms with E-state index in [1.807, 2.05) is 0 Å². The molecule has 0 saturated carbocycles. The van der Waals surface area contributed by atoms with Gasteiger partial charge >= 0.3 is 0 Å². The Morgan fingerprint density at radius 1 is 1.11 bits per heavy atom. The Balaban J connectivity index is 1.73. The van der Waals surface area contributed by atoms with Crippen molar-refractivity contribution < 1.29 is 23.5 Å². The maximum Gasteiger partial charge on any atom is 0.262 e. The normalized spacial score (nSPS) is 11.0. The molecule has 2 heterocycles. The Morgan fingerprint density at radius 3 is 2.62 bits per heavy atom. The van der Waals surface area contributed by atoms with Gasteiger partial charge in [0.25, 0.3) is 11.5 Å². The van der Waals surface area contributed by atoms with E-state index in [9.17, 15) is 14.4 Å². The van der Waals surface area contributed by atoms with E-state index in [-0.39, 0.29) is 23.8 Å². The molecule has 0 fully saturated rings. The van der Waals surface area contributed by atoms with E-state index < -0.39 is 0 Å². The third kappa shape index (κ3) is 6.10. The van der Waals surface area contributed by atoms with Gasteiger partial charge in [0.05, 0.1) is 37.4 Å². The van der Waals surface area contributed by atoms with Crippen molar-refractivity contribution >= 4 is 34.4 Å². The molecule has 0 radical (unpaired) electrons. The van der Waals surface area contributed by atoms with E-state index in [0.29, 0.717) is 57.6 Å². The second kappa shape index (κ2) is 11.9. The van der Waals surface area contributed by atoms with Crippen LogP contribution in [-0.4, -0.2) is 48.6 Å². The number of nitrogens with zero attached hydrogens (tertiary/aromatic N) is 2. The smallest absolute Gasteiger partial charge is 0.262 e. The number of carbonyl (C=O) groups excluding carboxylic acids is 2. The lowest BCUT2D eigenvalue weighted by Crippen LogP contribution is -2.27. The van der Waals surface area contributed by atoms with Crippen molar-refractivity contribution in [3.05, 3.63) is 87.6 Å². The molecule has 0 aliphatic carbocycles. The lowest BCUT2D eigenvalue weighted by Gasteiger charge is -2.14. The zero-order chi connectivity index (χ0) is 26.4. The van der Waals surface area contributed by atoms with Crippen LogP contribution in [0.3, 0.4) is 0 Å². The molecule has 4 rings (SSSR count). The molecule has 0 saturated heterocycles. The van der Waals surface area contributed by atoms with Crippen molar-refractivity contribution in [1.29, 1.82) is 0 Å². The third-order valence-corrected chi connectivity index (χ3v) is 6.74. The number of fused-ring (bicyclic) bond motifs is 1. The summed E-state index contributed by atoms with van der Waals surface area (Å²) in [6.07, 6.45) is 1.55. The number of methoxy groups -OCH3 is 2. The van der Waals surface area contributed by atoms with Crippen LogP contribution in [0.1, 0.15) is 39.0 Å². The number of Topliss-reactive ketones (excluding diaryl/α,β-unsaturated/α-hetero) is 1. The fourth-order valence-corrected chi connectivity index (χ4v) is 4.75. The van der Waals surface area contributed by atoms with E-state index in [2.05, 4.69) is 5.32 Å². The summed E-state index contributed by atoms with van der Waals surface area (Å²) in [5.41, 5.74) is 1.92. The number of carbonyl (C=O) groups is 2. The van der Waals surface area contributed by atoms with Gasteiger partial charge in [0.15, 0.2) is 10.9 Å². The maximum atomic E-state index is 13.5. The van der Waals surface area contributed by atoms with Crippen molar-refractivity contribution in [2.24, 2.45) is 0 Å². The summed E-state index contributed by atoms with van der Waals surface area (Å²) in [5, 5.41) is 3.61. The summed E-state index contributed by atoms with van der Waals surface area (Å²) in [4.78, 5) is 42.7. The minimum absolute atomic E-state index is 0.0521. The molecule has 1 amide bonds. The molecule has 0 spiro atoms. The van der Waals surface area contributed by atoms with Gasteiger partial charge in [0.1, 0.15) is 11.5 Å². The lowest BCUT2D eigenvalue weighted by molar-refractivity contribution is 0.0936. The van der Waals surface area contributed by atoms with Crippen LogP contribution >= 0.6 is 11.8 Å². The van der Waals surface area contributed by atoms with Gasteiger partial charge < -0.3 is 19.2 Å². The zero-order valence-electron chi connectivity index (χ0n) is 20.8. The van der Waals surface area contributed by atoms with Crippen LogP contribution in [0.4, 0.5) is 0 Å². The molecular weight excluding hydrogens is 494 g/mol. The molecule has 10 heteroatoms. The third-order valence-electron chi connectivity index (χ3n) is 5.71. The summed E-state index contributed by atoms with van der Waals surface area (Å²) in [7, 11) is 3.13. The van der Waals surface area contributed by atoms with E-state index in [1.165, 1.54) is 18.7 Å². The zero-order valence-corrected chi connectivity index (χ0v) is 21.6. The Labute approximate surface area is 217 Å². The molecule has 37 heavy (non-hydrogen) atoms. The molecule has 0 atom stereocenters. The molecule has 9 nitrogen and oxygen atoms in total. The predicted octanol–water partition coefficient (Wildman–Crippen LogP) is 3.92. The average Bonchev–Trinajstić information content (AvgIpc) is 3.42.